The number of fused-ring (bicyclic) bond motifs is 1. The minimum absolute atomic E-state index is 0.209. The first-order valence-corrected chi connectivity index (χ1v) is 12.8. The number of sulfone groups is 1. The van der Waals surface area contributed by atoms with E-state index in [1.807, 2.05) is 18.3 Å². The van der Waals surface area contributed by atoms with Crippen LogP contribution >= 0.6 is 0 Å². The van der Waals surface area contributed by atoms with Crippen molar-refractivity contribution in [1.82, 2.24) is 14.9 Å². The van der Waals surface area contributed by atoms with Crippen LogP contribution in [0.15, 0.2) is 48.8 Å². The molecule has 0 unspecified atom stereocenters. The lowest BCUT2D eigenvalue weighted by Crippen LogP contribution is -2.33. The Morgan fingerprint density at radius 1 is 1.20 bits per heavy atom. The van der Waals surface area contributed by atoms with Crippen LogP contribution in [0.1, 0.15) is 36.6 Å². The van der Waals surface area contributed by atoms with E-state index in [9.17, 15) is 8.42 Å². The molecule has 0 saturated carbocycles. The number of hydrogen-bond acceptors (Lipinski definition) is 4. The molecule has 3 heterocycles. The first kappa shape index (κ1) is 21.1. The number of benzene rings is 1. The maximum Gasteiger partial charge on any atom is 0.150 e. The summed E-state index contributed by atoms with van der Waals surface area (Å²) in [5.74, 6) is 0.430. The maximum atomic E-state index is 11.9. The summed E-state index contributed by atoms with van der Waals surface area (Å²) in [5.41, 5.74) is 4.71. The molecule has 160 valence electrons. The third-order valence-electron chi connectivity index (χ3n) is 6.31. The van der Waals surface area contributed by atoms with Crippen molar-refractivity contribution in [1.29, 1.82) is 0 Å². The molecule has 0 amide bonds. The summed E-state index contributed by atoms with van der Waals surface area (Å²) < 4.78 is 23.7. The molecule has 5 nitrogen and oxygen atoms in total. The Balaban J connectivity index is 1.44. The van der Waals surface area contributed by atoms with Gasteiger partial charge in [-0.05, 0) is 67.6 Å². The van der Waals surface area contributed by atoms with E-state index in [1.165, 1.54) is 23.8 Å². The molecule has 6 heteroatoms. The lowest BCUT2D eigenvalue weighted by Gasteiger charge is -2.24. The van der Waals surface area contributed by atoms with Gasteiger partial charge in [0.2, 0.25) is 0 Å². The van der Waals surface area contributed by atoms with Crippen LogP contribution < -0.4 is 0 Å². The second-order valence-electron chi connectivity index (χ2n) is 8.29. The lowest BCUT2D eigenvalue weighted by atomic mass is 10.0. The van der Waals surface area contributed by atoms with Gasteiger partial charge in [0.15, 0.2) is 0 Å². The van der Waals surface area contributed by atoms with Gasteiger partial charge in [0.05, 0.1) is 5.75 Å². The number of pyridine rings is 1. The Morgan fingerprint density at radius 2 is 2.10 bits per heavy atom. The van der Waals surface area contributed by atoms with Crippen LogP contribution in [-0.2, 0) is 29.1 Å². The van der Waals surface area contributed by atoms with E-state index in [1.54, 1.807) is 6.92 Å². The molecule has 0 radical (unpaired) electrons. The van der Waals surface area contributed by atoms with Gasteiger partial charge in [0.1, 0.15) is 9.84 Å². The number of likely N-dealkylation sites (tertiary alicyclic amines) is 1. The molecule has 1 fully saturated rings. The molecule has 1 saturated heterocycles. The Hall–Kier alpha value is -2.18. The number of nitrogens with one attached hydrogen (secondary N) is 1. The van der Waals surface area contributed by atoms with E-state index in [0.29, 0.717) is 12.5 Å². The van der Waals surface area contributed by atoms with Crippen LogP contribution in [0, 0.1) is 0 Å². The van der Waals surface area contributed by atoms with Crippen LogP contribution in [0.5, 0.6) is 0 Å². The smallest absolute Gasteiger partial charge is 0.150 e. The SMILES string of the molecule is CCS(=O)(=O)CCc1ccc2[nH]cc(C[C@H]3CCCN3CCc3ccccn3)c2c1. The number of rotatable bonds is 9. The molecule has 4 rings (SSSR count). The van der Waals surface area contributed by atoms with Crippen LogP contribution in [-0.4, -0.2) is 53.9 Å². The van der Waals surface area contributed by atoms with Crippen molar-refractivity contribution in [3.05, 3.63) is 65.6 Å². The fourth-order valence-electron chi connectivity index (χ4n) is 4.45. The zero-order valence-corrected chi connectivity index (χ0v) is 18.5. The highest BCUT2D eigenvalue weighted by molar-refractivity contribution is 7.91. The quantitative estimate of drug-likeness (QED) is 0.566. The lowest BCUT2D eigenvalue weighted by molar-refractivity contribution is 0.255. The molecule has 1 atom stereocenters. The molecule has 1 aliphatic rings. The topological polar surface area (TPSA) is 66.1 Å². The highest BCUT2D eigenvalue weighted by Crippen LogP contribution is 2.26. The van der Waals surface area contributed by atoms with Gasteiger partial charge < -0.3 is 4.98 Å². The Morgan fingerprint density at radius 3 is 2.90 bits per heavy atom. The van der Waals surface area contributed by atoms with E-state index in [-0.39, 0.29) is 11.5 Å². The summed E-state index contributed by atoms with van der Waals surface area (Å²) in [7, 11) is -2.94. The number of aryl methyl sites for hydroxylation is 1. The molecular weight excluding hydrogens is 394 g/mol. The largest absolute Gasteiger partial charge is 0.361 e. The van der Waals surface area contributed by atoms with Crippen molar-refractivity contribution in [2.24, 2.45) is 0 Å². The van der Waals surface area contributed by atoms with Crippen molar-refractivity contribution >= 4 is 20.7 Å². The predicted octanol–water partition coefficient (Wildman–Crippen LogP) is 3.79. The van der Waals surface area contributed by atoms with Gasteiger partial charge >= 0.3 is 0 Å². The second-order valence-corrected chi connectivity index (χ2v) is 10.8. The summed E-state index contributed by atoms with van der Waals surface area (Å²) in [6.07, 6.45) is 9.06. The van der Waals surface area contributed by atoms with E-state index < -0.39 is 9.84 Å². The van der Waals surface area contributed by atoms with Gasteiger partial charge in [-0.15, -0.1) is 0 Å². The van der Waals surface area contributed by atoms with Crippen LogP contribution in [0.25, 0.3) is 10.9 Å². The molecular formula is C24H31N3O2S. The van der Waals surface area contributed by atoms with Crippen LogP contribution in [0.2, 0.25) is 0 Å². The molecule has 3 aromatic rings. The molecule has 0 aliphatic carbocycles. The van der Waals surface area contributed by atoms with Crippen molar-refractivity contribution in [2.75, 3.05) is 24.6 Å². The number of H-pyrrole nitrogens is 1. The highest BCUT2D eigenvalue weighted by atomic mass is 32.2. The van der Waals surface area contributed by atoms with Gasteiger partial charge in [-0.25, -0.2) is 8.42 Å². The Kier molecular flexibility index (Phi) is 6.54. The minimum atomic E-state index is -2.94. The third-order valence-corrected chi connectivity index (χ3v) is 8.02. The normalized spacial score (nSPS) is 17.7. The Bertz CT molecular complexity index is 1080. The summed E-state index contributed by atoms with van der Waals surface area (Å²) >= 11 is 0. The highest BCUT2D eigenvalue weighted by Gasteiger charge is 2.25. The van der Waals surface area contributed by atoms with Crippen LogP contribution in [0.3, 0.4) is 0 Å². The summed E-state index contributed by atoms with van der Waals surface area (Å²) in [4.78, 5) is 10.5. The van der Waals surface area contributed by atoms with Gasteiger partial charge in [-0.3, -0.25) is 9.88 Å². The first-order chi connectivity index (χ1) is 14.5. The molecule has 1 aromatic carbocycles. The van der Waals surface area contributed by atoms with Gasteiger partial charge in [0.25, 0.3) is 0 Å². The molecule has 0 spiro atoms. The zero-order chi connectivity index (χ0) is 21.0. The van der Waals surface area contributed by atoms with Crippen molar-refractivity contribution in [3.8, 4) is 0 Å². The maximum absolute atomic E-state index is 11.9. The van der Waals surface area contributed by atoms with E-state index in [0.717, 1.165) is 42.7 Å². The average molecular weight is 426 g/mol. The van der Waals surface area contributed by atoms with Crippen LogP contribution in [0.4, 0.5) is 0 Å². The first-order valence-electron chi connectivity index (χ1n) is 11.0. The number of aromatic nitrogens is 2. The van der Waals surface area contributed by atoms with E-state index in [2.05, 4.69) is 45.3 Å². The van der Waals surface area contributed by atoms with Crippen molar-refractivity contribution < 1.29 is 8.42 Å². The van der Waals surface area contributed by atoms with Crippen molar-refractivity contribution in [3.63, 3.8) is 0 Å². The summed E-state index contributed by atoms with van der Waals surface area (Å²) in [5, 5.41) is 1.23. The van der Waals surface area contributed by atoms with Gasteiger partial charge in [-0.2, -0.15) is 0 Å². The number of nitrogens with zero attached hydrogens (tertiary/aromatic N) is 2. The van der Waals surface area contributed by atoms with Gasteiger partial charge in [-0.1, -0.05) is 19.1 Å². The number of aromatic amines is 1. The summed E-state index contributed by atoms with van der Waals surface area (Å²) in [6.45, 7) is 3.91. The second kappa shape index (κ2) is 9.31. The third kappa shape index (κ3) is 5.10. The molecule has 30 heavy (non-hydrogen) atoms. The van der Waals surface area contributed by atoms with Gasteiger partial charge in [0, 0.05) is 53.8 Å². The molecule has 1 aliphatic heterocycles. The fraction of sp³-hybridized carbons (Fsp3) is 0.458. The van der Waals surface area contributed by atoms with Crippen molar-refractivity contribution in [2.45, 2.75) is 45.1 Å². The van der Waals surface area contributed by atoms with E-state index in [4.69, 9.17) is 0 Å². The standard InChI is InChI=1S/C24H31N3O2S/c1-2-30(28,29)15-11-19-8-9-24-23(16-19)20(18-26-24)17-22-7-5-13-27(22)14-10-21-6-3-4-12-25-21/h3-4,6,8-9,12,16,18,22,26H,2,5,7,10-11,13-15,17H2,1H3/t22-/m1/s1. The minimum Gasteiger partial charge on any atom is -0.361 e. The molecule has 2 aromatic heterocycles. The monoisotopic (exact) mass is 425 g/mol. The molecule has 1 N–H and O–H groups in total. The average Bonchev–Trinajstić information content (AvgIpc) is 3.38. The summed E-state index contributed by atoms with van der Waals surface area (Å²) in [6, 6.07) is 13.0. The number of hydrogen-bond donors (Lipinski definition) is 1. The fourth-order valence-corrected chi connectivity index (χ4v) is 5.28. The molecule has 0 bridgehead atoms. The Labute approximate surface area is 179 Å². The zero-order valence-electron chi connectivity index (χ0n) is 17.7. The van der Waals surface area contributed by atoms with E-state index >= 15 is 0 Å². The predicted molar refractivity (Wildman–Crippen MR) is 123 cm³/mol.